The Morgan fingerprint density at radius 1 is 1.35 bits per heavy atom. The van der Waals surface area contributed by atoms with Crippen LogP contribution in [0.1, 0.15) is 12.5 Å². The molecule has 1 aromatic carbocycles. The number of rotatable bonds is 4. The molecular formula is C14H18N2O. The molecule has 3 heteroatoms. The van der Waals surface area contributed by atoms with Gasteiger partial charge in [0.15, 0.2) is 0 Å². The fourth-order valence-electron chi connectivity index (χ4n) is 1.79. The van der Waals surface area contributed by atoms with Crippen LogP contribution in [0.4, 0.5) is 0 Å². The van der Waals surface area contributed by atoms with Gasteiger partial charge in [0.1, 0.15) is 0 Å². The summed E-state index contributed by atoms with van der Waals surface area (Å²) in [5.74, 6) is 0. The van der Waals surface area contributed by atoms with Crippen molar-refractivity contribution in [3.63, 3.8) is 0 Å². The van der Waals surface area contributed by atoms with E-state index < -0.39 is 0 Å². The van der Waals surface area contributed by atoms with Gasteiger partial charge in [-0.1, -0.05) is 18.2 Å². The van der Waals surface area contributed by atoms with Crippen molar-refractivity contribution in [2.24, 2.45) is 0 Å². The average Bonchev–Trinajstić information content (AvgIpc) is 2.37. The second kappa shape index (κ2) is 5.25. The Bertz CT molecular complexity index is 498. The van der Waals surface area contributed by atoms with E-state index in [2.05, 4.69) is 22.0 Å². The number of benzene rings is 1. The molecule has 0 saturated heterocycles. The normalized spacial score (nSPS) is 13.2. The topological polar surface area (TPSA) is 36.4 Å². The number of fused-ring (bicyclic) bond motifs is 1. The van der Waals surface area contributed by atoms with Crippen LogP contribution in [0, 0.1) is 0 Å². The molecule has 1 unspecified atom stereocenters. The van der Waals surface area contributed by atoms with Crippen molar-refractivity contribution >= 4 is 10.9 Å². The standard InChI is InChI=1S/C14H18N2O/c1-11(10-17)16(2)9-12-7-13-5-3-4-6-14(13)15-8-12/h3-8,11,17H,9-10H2,1-2H3. The highest BCUT2D eigenvalue weighted by Gasteiger charge is 2.08. The minimum absolute atomic E-state index is 0.168. The third-order valence-electron chi connectivity index (χ3n) is 3.10. The highest BCUT2D eigenvalue weighted by atomic mass is 16.3. The van der Waals surface area contributed by atoms with Crippen molar-refractivity contribution in [2.45, 2.75) is 19.5 Å². The molecule has 0 fully saturated rings. The molecular weight excluding hydrogens is 212 g/mol. The van der Waals surface area contributed by atoms with Crippen molar-refractivity contribution in [3.05, 3.63) is 42.1 Å². The first-order chi connectivity index (χ1) is 8.20. The molecule has 0 bridgehead atoms. The summed E-state index contributed by atoms with van der Waals surface area (Å²) >= 11 is 0. The molecule has 2 rings (SSSR count). The van der Waals surface area contributed by atoms with Gasteiger partial charge < -0.3 is 5.11 Å². The van der Waals surface area contributed by atoms with Gasteiger partial charge in [0.2, 0.25) is 0 Å². The lowest BCUT2D eigenvalue weighted by Crippen LogP contribution is -2.31. The second-order valence-corrected chi connectivity index (χ2v) is 4.48. The van der Waals surface area contributed by atoms with Crippen LogP contribution in [0.2, 0.25) is 0 Å². The van der Waals surface area contributed by atoms with Crippen molar-refractivity contribution in [1.82, 2.24) is 9.88 Å². The first-order valence-electron chi connectivity index (χ1n) is 5.85. The van der Waals surface area contributed by atoms with Crippen LogP contribution in [0.3, 0.4) is 0 Å². The Labute approximate surface area is 102 Å². The zero-order valence-corrected chi connectivity index (χ0v) is 10.3. The van der Waals surface area contributed by atoms with Crippen LogP contribution in [0.25, 0.3) is 10.9 Å². The molecule has 0 radical (unpaired) electrons. The maximum Gasteiger partial charge on any atom is 0.0702 e. The maximum atomic E-state index is 9.10. The van der Waals surface area contributed by atoms with Crippen molar-refractivity contribution in [3.8, 4) is 0 Å². The summed E-state index contributed by atoms with van der Waals surface area (Å²) in [6.07, 6.45) is 1.91. The lowest BCUT2D eigenvalue weighted by molar-refractivity contribution is 0.154. The zero-order valence-electron chi connectivity index (χ0n) is 10.3. The predicted molar refractivity (Wildman–Crippen MR) is 69.8 cm³/mol. The number of aromatic nitrogens is 1. The maximum absolute atomic E-state index is 9.10. The monoisotopic (exact) mass is 230 g/mol. The van der Waals surface area contributed by atoms with E-state index in [0.717, 1.165) is 17.4 Å². The molecule has 17 heavy (non-hydrogen) atoms. The number of likely N-dealkylation sites (N-methyl/N-ethyl adjacent to an activating group) is 1. The van der Waals surface area contributed by atoms with E-state index in [0.29, 0.717) is 0 Å². The molecule has 1 heterocycles. The first-order valence-corrected chi connectivity index (χ1v) is 5.85. The van der Waals surface area contributed by atoms with Crippen molar-refractivity contribution in [2.75, 3.05) is 13.7 Å². The molecule has 1 aromatic heterocycles. The van der Waals surface area contributed by atoms with Crippen LogP contribution in [0.15, 0.2) is 36.5 Å². The molecule has 90 valence electrons. The van der Waals surface area contributed by atoms with Gasteiger partial charge in [0.05, 0.1) is 12.1 Å². The average molecular weight is 230 g/mol. The molecule has 1 atom stereocenters. The summed E-state index contributed by atoms with van der Waals surface area (Å²) in [5.41, 5.74) is 2.20. The van der Waals surface area contributed by atoms with Crippen LogP contribution in [-0.4, -0.2) is 34.7 Å². The Morgan fingerprint density at radius 3 is 2.88 bits per heavy atom. The van der Waals surface area contributed by atoms with E-state index in [1.165, 1.54) is 5.56 Å². The van der Waals surface area contributed by atoms with Crippen molar-refractivity contribution in [1.29, 1.82) is 0 Å². The quantitative estimate of drug-likeness (QED) is 0.873. The van der Waals surface area contributed by atoms with Gasteiger partial charge in [-0.15, -0.1) is 0 Å². The Hall–Kier alpha value is -1.45. The molecule has 0 spiro atoms. The fraction of sp³-hybridized carbons (Fsp3) is 0.357. The number of nitrogens with zero attached hydrogens (tertiary/aromatic N) is 2. The molecule has 1 N–H and O–H groups in total. The molecule has 0 saturated carbocycles. The van der Waals surface area contributed by atoms with Gasteiger partial charge >= 0.3 is 0 Å². The third-order valence-corrected chi connectivity index (χ3v) is 3.10. The zero-order chi connectivity index (χ0) is 12.3. The van der Waals surface area contributed by atoms with Gasteiger partial charge in [-0.25, -0.2) is 0 Å². The summed E-state index contributed by atoms with van der Waals surface area (Å²) in [7, 11) is 2.01. The van der Waals surface area contributed by atoms with E-state index in [9.17, 15) is 0 Å². The SMILES string of the molecule is CC(CO)N(C)Cc1cnc2ccccc2c1. The third kappa shape index (κ3) is 2.81. The van der Waals surface area contributed by atoms with Crippen LogP contribution >= 0.6 is 0 Å². The van der Waals surface area contributed by atoms with E-state index in [4.69, 9.17) is 5.11 Å². The molecule has 2 aromatic rings. The predicted octanol–water partition coefficient (Wildman–Crippen LogP) is 2.05. The number of hydrogen-bond acceptors (Lipinski definition) is 3. The Kier molecular flexibility index (Phi) is 3.71. The Morgan fingerprint density at radius 2 is 2.12 bits per heavy atom. The van der Waals surface area contributed by atoms with Crippen LogP contribution < -0.4 is 0 Å². The summed E-state index contributed by atoms with van der Waals surface area (Å²) < 4.78 is 0. The smallest absolute Gasteiger partial charge is 0.0702 e. The van der Waals surface area contributed by atoms with Gasteiger partial charge in [-0.3, -0.25) is 9.88 Å². The summed E-state index contributed by atoms with van der Waals surface area (Å²) in [6.45, 7) is 2.99. The lowest BCUT2D eigenvalue weighted by atomic mass is 10.1. The molecule has 3 nitrogen and oxygen atoms in total. The first kappa shape index (κ1) is 12.0. The van der Waals surface area contributed by atoms with Crippen LogP contribution in [-0.2, 0) is 6.54 Å². The highest BCUT2D eigenvalue weighted by molar-refractivity contribution is 5.78. The number of para-hydroxylation sites is 1. The molecule has 0 aliphatic heterocycles. The van der Waals surface area contributed by atoms with E-state index >= 15 is 0 Å². The van der Waals surface area contributed by atoms with Crippen LogP contribution in [0.5, 0.6) is 0 Å². The van der Waals surface area contributed by atoms with Gasteiger partial charge in [0, 0.05) is 24.2 Å². The fourth-order valence-corrected chi connectivity index (χ4v) is 1.79. The van der Waals surface area contributed by atoms with E-state index in [1.807, 2.05) is 38.4 Å². The minimum Gasteiger partial charge on any atom is -0.395 e. The van der Waals surface area contributed by atoms with E-state index in [-0.39, 0.29) is 12.6 Å². The minimum atomic E-state index is 0.168. The van der Waals surface area contributed by atoms with Gasteiger partial charge in [-0.2, -0.15) is 0 Å². The largest absolute Gasteiger partial charge is 0.395 e. The summed E-state index contributed by atoms with van der Waals surface area (Å²) in [6, 6.07) is 10.4. The number of pyridine rings is 1. The highest BCUT2D eigenvalue weighted by Crippen LogP contribution is 2.14. The summed E-state index contributed by atoms with van der Waals surface area (Å²) in [5, 5.41) is 10.3. The molecule has 0 aliphatic rings. The molecule has 0 amide bonds. The summed E-state index contributed by atoms with van der Waals surface area (Å²) in [4.78, 5) is 6.55. The van der Waals surface area contributed by atoms with Gasteiger partial charge in [0.25, 0.3) is 0 Å². The number of aliphatic hydroxyl groups is 1. The van der Waals surface area contributed by atoms with E-state index in [1.54, 1.807) is 0 Å². The number of aliphatic hydroxyl groups excluding tert-OH is 1. The Balaban J connectivity index is 2.19. The lowest BCUT2D eigenvalue weighted by Gasteiger charge is -2.22. The number of hydrogen-bond donors (Lipinski definition) is 1. The van der Waals surface area contributed by atoms with Crippen molar-refractivity contribution < 1.29 is 5.11 Å². The van der Waals surface area contributed by atoms with Gasteiger partial charge in [-0.05, 0) is 31.7 Å². The second-order valence-electron chi connectivity index (χ2n) is 4.48. The molecule has 0 aliphatic carbocycles.